The predicted molar refractivity (Wildman–Crippen MR) is 78.3 cm³/mol. The smallest absolute Gasteiger partial charge is 0.321 e. The molecular weight excluding hydrogens is 298 g/mol. The lowest BCUT2D eigenvalue weighted by molar-refractivity contribution is 0.220. The zero-order valence-corrected chi connectivity index (χ0v) is 12.0. The van der Waals surface area contributed by atoms with Crippen molar-refractivity contribution in [3.05, 3.63) is 64.7 Å². The minimum absolute atomic E-state index is 0.0654. The molecule has 2 aromatic carbocycles. The normalized spacial score (nSPS) is 10.3. The van der Waals surface area contributed by atoms with Crippen LogP contribution in [0, 0.1) is 11.6 Å². The Morgan fingerprint density at radius 1 is 1.19 bits per heavy atom. The highest BCUT2D eigenvalue weighted by atomic mass is 35.5. The second kappa shape index (κ2) is 6.54. The third-order valence-corrected chi connectivity index (χ3v) is 3.10. The van der Waals surface area contributed by atoms with Crippen LogP contribution in [0.2, 0.25) is 5.02 Å². The molecule has 0 bridgehead atoms. The largest absolute Gasteiger partial charge is 0.323 e. The number of anilines is 1. The van der Waals surface area contributed by atoms with E-state index in [2.05, 4.69) is 5.32 Å². The predicted octanol–water partition coefficient (Wildman–Crippen LogP) is 4.28. The number of benzene rings is 2. The first-order valence-corrected chi connectivity index (χ1v) is 6.55. The van der Waals surface area contributed by atoms with E-state index in [0.717, 1.165) is 17.7 Å². The average Bonchev–Trinajstić information content (AvgIpc) is 2.44. The molecule has 0 aliphatic carbocycles. The molecule has 0 fully saturated rings. The van der Waals surface area contributed by atoms with Gasteiger partial charge in [-0.25, -0.2) is 13.6 Å². The van der Waals surface area contributed by atoms with Crippen molar-refractivity contribution in [2.24, 2.45) is 0 Å². The molecule has 3 nitrogen and oxygen atoms in total. The summed E-state index contributed by atoms with van der Waals surface area (Å²) < 4.78 is 26.2. The number of amides is 2. The van der Waals surface area contributed by atoms with Crippen LogP contribution in [0.4, 0.5) is 19.3 Å². The first kappa shape index (κ1) is 15.3. The van der Waals surface area contributed by atoms with E-state index in [1.54, 1.807) is 31.3 Å². The Hall–Kier alpha value is -2.14. The van der Waals surface area contributed by atoms with Gasteiger partial charge in [-0.3, -0.25) is 0 Å². The van der Waals surface area contributed by atoms with Crippen LogP contribution in [-0.4, -0.2) is 18.0 Å². The summed E-state index contributed by atoms with van der Waals surface area (Å²) in [6.45, 7) is 0.339. The van der Waals surface area contributed by atoms with Crippen LogP contribution >= 0.6 is 11.6 Å². The Morgan fingerprint density at radius 2 is 1.86 bits per heavy atom. The van der Waals surface area contributed by atoms with Gasteiger partial charge in [0.15, 0.2) is 0 Å². The van der Waals surface area contributed by atoms with Gasteiger partial charge in [0.1, 0.15) is 11.6 Å². The Labute approximate surface area is 126 Å². The van der Waals surface area contributed by atoms with Gasteiger partial charge in [0.25, 0.3) is 0 Å². The summed E-state index contributed by atoms with van der Waals surface area (Å²) in [5, 5.41) is 3.00. The van der Waals surface area contributed by atoms with Crippen molar-refractivity contribution in [3.8, 4) is 0 Å². The molecule has 0 saturated heterocycles. The fourth-order valence-corrected chi connectivity index (χ4v) is 1.86. The molecule has 1 N–H and O–H groups in total. The summed E-state index contributed by atoms with van der Waals surface area (Å²) in [4.78, 5) is 13.3. The minimum atomic E-state index is -0.816. The Bertz CT molecular complexity index is 647. The van der Waals surface area contributed by atoms with Crippen LogP contribution in [-0.2, 0) is 6.54 Å². The molecule has 2 rings (SSSR count). The van der Waals surface area contributed by atoms with Gasteiger partial charge in [0.05, 0.1) is 5.69 Å². The molecule has 2 amide bonds. The van der Waals surface area contributed by atoms with Gasteiger partial charge in [0.2, 0.25) is 0 Å². The number of urea groups is 1. The van der Waals surface area contributed by atoms with Gasteiger partial charge in [-0.2, -0.15) is 0 Å². The van der Waals surface area contributed by atoms with Gasteiger partial charge in [-0.1, -0.05) is 23.7 Å². The number of halogens is 3. The standard InChI is InChI=1S/C15H13ClF2N2O/c1-20(9-10-2-4-11(16)5-3-10)15(21)19-14-7-6-12(17)8-13(14)18/h2-8H,9H2,1H3,(H,19,21). The third-order valence-electron chi connectivity index (χ3n) is 2.85. The van der Waals surface area contributed by atoms with E-state index in [1.807, 2.05) is 0 Å². The first-order valence-electron chi connectivity index (χ1n) is 6.17. The summed E-state index contributed by atoms with van der Waals surface area (Å²) in [7, 11) is 1.57. The van der Waals surface area contributed by atoms with E-state index in [9.17, 15) is 13.6 Å². The number of carbonyl (C=O) groups excluding carboxylic acids is 1. The zero-order chi connectivity index (χ0) is 15.4. The molecular formula is C15H13ClF2N2O. The van der Waals surface area contributed by atoms with Gasteiger partial charge < -0.3 is 10.2 Å². The fraction of sp³-hybridized carbons (Fsp3) is 0.133. The number of carbonyl (C=O) groups is 1. The van der Waals surface area contributed by atoms with Crippen molar-refractivity contribution in [3.63, 3.8) is 0 Å². The van der Waals surface area contributed by atoms with Crippen molar-refractivity contribution in [2.75, 3.05) is 12.4 Å². The van der Waals surface area contributed by atoms with Gasteiger partial charge in [-0.15, -0.1) is 0 Å². The van der Waals surface area contributed by atoms with E-state index in [1.165, 1.54) is 11.0 Å². The van der Waals surface area contributed by atoms with Crippen molar-refractivity contribution < 1.29 is 13.6 Å². The maximum atomic E-state index is 13.5. The maximum absolute atomic E-state index is 13.5. The zero-order valence-electron chi connectivity index (χ0n) is 11.2. The van der Waals surface area contributed by atoms with Crippen LogP contribution in [0.3, 0.4) is 0 Å². The number of hydrogen-bond donors (Lipinski definition) is 1. The lowest BCUT2D eigenvalue weighted by atomic mass is 10.2. The van der Waals surface area contributed by atoms with E-state index in [0.29, 0.717) is 11.6 Å². The topological polar surface area (TPSA) is 32.3 Å². The Kier molecular flexibility index (Phi) is 4.75. The molecule has 21 heavy (non-hydrogen) atoms. The molecule has 6 heteroatoms. The molecule has 0 aliphatic heterocycles. The van der Waals surface area contributed by atoms with E-state index < -0.39 is 17.7 Å². The van der Waals surface area contributed by atoms with E-state index in [4.69, 9.17) is 11.6 Å². The monoisotopic (exact) mass is 310 g/mol. The first-order chi connectivity index (χ1) is 9.95. The number of hydrogen-bond acceptors (Lipinski definition) is 1. The van der Waals surface area contributed by atoms with Crippen LogP contribution in [0.5, 0.6) is 0 Å². The summed E-state index contributed by atoms with van der Waals surface area (Å²) in [6, 6.07) is 9.53. The SMILES string of the molecule is CN(Cc1ccc(Cl)cc1)C(=O)Nc1ccc(F)cc1F. The van der Waals surface area contributed by atoms with Gasteiger partial charge >= 0.3 is 6.03 Å². The van der Waals surface area contributed by atoms with Gasteiger partial charge in [0, 0.05) is 24.7 Å². The molecule has 110 valence electrons. The maximum Gasteiger partial charge on any atom is 0.321 e. The average molecular weight is 311 g/mol. The van der Waals surface area contributed by atoms with E-state index >= 15 is 0 Å². The quantitative estimate of drug-likeness (QED) is 0.901. The molecule has 2 aromatic rings. The van der Waals surface area contributed by atoms with Crippen molar-refractivity contribution in [1.29, 1.82) is 0 Å². The van der Waals surface area contributed by atoms with Crippen molar-refractivity contribution >= 4 is 23.3 Å². The van der Waals surface area contributed by atoms with Crippen molar-refractivity contribution in [2.45, 2.75) is 6.54 Å². The molecule has 0 radical (unpaired) electrons. The van der Waals surface area contributed by atoms with Crippen LogP contribution in [0.15, 0.2) is 42.5 Å². The van der Waals surface area contributed by atoms with Crippen LogP contribution in [0.25, 0.3) is 0 Å². The highest BCUT2D eigenvalue weighted by molar-refractivity contribution is 6.30. The van der Waals surface area contributed by atoms with Crippen molar-refractivity contribution in [1.82, 2.24) is 4.90 Å². The molecule has 0 spiro atoms. The molecule has 0 saturated carbocycles. The van der Waals surface area contributed by atoms with E-state index in [-0.39, 0.29) is 5.69 Å². The summed E-state index contributed by atoms with van der Waals surface area (Å²) >= 11 is 5.78. The highest BCUT2D eigenvalue weighted by Crippen LogP contribution is 2.16. The summed E-state index contributed by atoms with van der Waals surface area (Å²) in [5.74, 6) is -1.51. The summed E-state index contributed by atoms with van der Waals surface area (Å²) in [6.07, 6.45) is 0. The van der Waals surface area contributed by atoms with Crippen LogP contribution < -0.4 is 5.32 Å². The Morgan fingerprint density at radius 3 is 2.48 bits per heavy atom. The van der Waals surface area contributed by atoms with Gasteiger partial charge in [-0.05, 0) is 29.8 Å². The highest BCUT2D eigenvalue weighted by Gasteiger charge is 2.12. The second-order valence-electron chi connectivity index (χ2n) is 4.54. The number of nitrogens with zero attached hydrogens (tertiary/aromatic N) is 1. The Balaban J connectivity index is 2.00. The number of nitrogens with one attached hydrogen (secondary N) is 1. The minimum Gasteiger partial charge on any atom is -0.323 e. The summed E-state index contributed by atoms with van der Waals surface area (Å²) in [5.41, 5.74) is 0.820. The lowest BCUT2D eigenvalue weighted by Crippen LogP contribution is -2.31. The van der Waals surface area contributed by atoms with Crippen LogP contribution in [0.1, 0.15) is 5.56 Å². The molecule has 0 unspecified atom stereocenters. The molecule has 0 atom stereocenters. The molecule has 0 heterocycles. The fourth-order valence-electron chi connectivity index (χ4n) is 1.74. The molecule has 0 aromatic heterocycles. The molecule has 0 aliphatic rings. The number of rotatable bonds is 3. The second-order valence-corrected chi connectivity index (χ2v) is 4.97. The lowest BCUT2D eigenvalue weighted by Gasteiger charge is -2.18. The third kappa shape index (κ3) is 4.16.